The zero-order valence-electron chi connectivity index (χ0n) is 14.6. The number of fused-ring (bicyclic) bond motifs is 1. The summed E-state index contributed by atoms with van der Waals surface area (Å²) in [6.45, 7) is 1.11. The number of pyridine rings is 1. The van der Waals surface area contributed by atoms with Gasteiger partial charge in [0.25, 0.3) is 0 Å². The minimum Gasteiger partial charge on any atom is -0.358 e. The van der Waals surface area contributed by atoms with Gasteiger partial charge in [-0.3, -0.25) is 4.79 Å². The summed E-state index contributed by atoms with van der Waals surface area (Å²) in [7, 11) is 0. The van der Waals surface area contributed by atoms with E-state index >= 15 is 0 Å². The maximum Gasteiger partial charge on any atom is 0.372 e. The second kappa shape index (κ2) is 7.06. The molecule has 3 aromatic rings. The van der Waals surface area contributed by atoms with Crippen molar-refractivity contribution in [2.45, 2.75) is 12.8 Å². The second-order valence-corrected chi connectivity index (χ2v) is 6.56. The Morgan fingerprint density at radius 2 is 1.81 bits per heavy atom. The molecule has 1 amide bonds. The van der Waals surface area contributed by atoms with Crippen LogP contribution in [0.2, 0.25) is 0 Å². The predicted molar refractivity (Wildman–Crippen MR) is 102 cm³/mol. The van der Waals surface area contributed by atoms with Gasteiger partial charge in [-0.05, 0) is 36.0 Å². The fourth-order valence-electron chi connectivity index (χ4n) is 3.47. The number of carbonyl (C=O) groups is 1. The minimum atomic E-state index is -0.399. The number of para-hydroxylation sites is 1. The first kappa shape index (κ1) is 17.0. The Balaban J connectivity index is 1.48. The lowest BCUT2D eigenvalue weighted by atomic mass is 9.96. The molecule has 1 aliphatic heterocycles. The van der Waals surface area contributed by atoms with Crippen molar-refractivity contribution >= 4 is 28.9 Å². The monoisotopic (exact) mass is 365 g/mol. The fourth-order valence-corrected chi connectivity index (χ4v) is 3.47. The van der Waals surface area contributed by atoms with E-state index in [0.29, 0.717) is 37.4 Å². The maximum atomic E-state index is 12.5. The van der Waals surface area contributed by atoms with E-state index in [1.165, 1.54) is 4.40 Å². The molecule has 1 aliphatic rings. The molecule has 8 nitrogen and oxygen atoms in total. The highest BCUT2D eigenvalue weighted by Gasteiger charge is 2.31. The Labute approximate surface area is 155 Å². The summed E-state index contributed by atoms with van der Waals surface area (Å²) in [6.07, 6.45) is 2.90. The van der Waals surface area contributed by atoms with Crippen LogP contribution in [-0.2, 0) is 4.79 Å². The smallest absolute Gasteiger partial charge is 0.358 e. The van der Waals surface area contributed by atoms with Crippen LogP contribution in [0.3, 0.4) is 0 Å². The van der Waals surface area contributed by atoms with Crippen molar-refractivity contribution < 1.29 is 9.72 Å². The lowest BCUT2D eigenvalue weighted by Crippen LogP contribution is -2.38. The van der Waals surface area contributed by atoms with Crippen LogP contribution in [0.15, 0.2) is 54.7 Å². The molecule has 1 aromatic carbocycles. The van der Waals surface area contributed by atoms with Crippen LogP contribution >= 0.6 is 0 Å². The lowest BCUT2D eigenvalue weighted by Gasteiger charge is -2.31. The third-order valence-electron chi connectivity index (χ3n) is 4.87. The molecule has 0 spiro atoms. The number of rotatable bonds is 4. The van der Waals surface area contributed by atoms with Gasteiger partial charge in [0.15, 0.2) is 0 Å². The number of nitrogens with one attached hydrogen (secondary N) is 1. The third kappa shape index (κ3) is 3.33. The molecule has 2 aromatic heterocycles. The van der Waals surface area contributed by atoms with Gasteiger partial charge >= 0.3 is 5.82 Å². The molecular formula is C19H19N5O3. The number of nitro groups is 1. The Kier molecular flexibility index (Phi) is 4.45. The van der Waals surface area contributed by atoms with Crippen LogP contribution in [0.4, 0.5) is 17.3 Å². The third-order valence-corrected chi connectivity index (χ3v) is 4.87. The van der Waals surface area contributed by atoms with Crippen molar-refractivity contribution in [2.75, 3.05) is 23.3 Å². The van der Waals surface area contributed by atoms with Crippen molar-refractivity contribution in [3.8, 4) is 0 Å². The topological polar surface area (TPSA) is 92.8 Å². The highest BCUT2D eigenvalue weighted by atomic mass is 16.6. The SMILES string of the molecule is O=C(Nc1ccccc1)C1CCN(c2nc3ccccn3c2[N+](=O)[O-])CC1. The molecule has 8 heteroatoms. The van der Waals surface area contributed by atoms with Crippen LogP contribution in [0.25, 0.3) is 5.65 Å². The Hall–Kier alpha value is -3.42. The Morgan fingerprint density at radius 3 is 2.52 bits per heavy atom. The zero-order valence-corrected chi connectivity index (χ0v) is 14.6. The highest BCUT2D eigenvalue weighted by molar-refractivity contribution is 5.92. The molecule has 0 bridgehead atoms. The molecule has 1 fully saturated rings. The van der Waals surface area contributed by atoms with Gasteiger partial charge in [0.1, 0.15) is 0 Å². The van der Waals surface area contributed by atoms with Crippen LogP contribution in [0.1, 0.15) is 12.8 Å². The van der Waals surface area contributed by atoms with E-state index in [4.69, 9.17) is 0 Å². The molecule has 0 radical (unpaired) electrons. The quantitative estimate of drug-likeness (QED) is 0.566. The van der Waals surface area contributed by atoms with Gasteiger partial charge in [-0.15, -0.1) is 0 Å². The fraction of sp³-hybridized carbons (Fsp3) is 0.263. The first-order valence-electron chi connectivity index (χ1n) is 8.86. The van der Waals surface area contributed by atoms with Crippen molar-refractivity contribution in [2.24, 2.45) is 5.92 Å². The largest absolute Gasteiger partial charge is 0.372 e. The molecule has 138 valence electrons. The number of hydrogen-bond acceptors (Lipinski definition) is 5. The van der Waals surface area contributed by atoms with Gasteiger partial charge in [-0.1, -0.05) is 24.3 Å². The molecule has 1 saturated heterocycles. The van der Waals surface area contributed by atoms with Crippen LogP contribution in [-0.4, -0.2) is 33.3 Å². The zero-order chi connectivity index (χ0) is 18.8. The van der Waals surface area contributed by atoms with Crippen molar-refractivity contribution in [3.63, 3.8) is 0 Å². The predicted octanol–water partition coefficient (Wildman–Crippen LogP) is 3.10. The first-order chi connectivity index (χ1) is 13.1. The molecule has 27 heavy (non-hydrogen) atoms. The summed E-state index contributed by atoms with van der Waals surface area (Å²) < 4.78 is 1.49. The molecule has 4 rings (SSSR count). The first-order valence-corrected chi connectivity index (χ1v) is 8.86. The highest BCUT2D eigenvalue weighted by Crippen LogP contribution is 2.32. The summed E-state index contributed by atoms with van der Waals surface area (Å²) in [6, 6.07) is 14.6. The van der Waals surface area contributed by atoms with Gasteiger partial charge in [0, 0.05) is 30.8 Å². The van der Waals surface area contributed by atoms with E-state index in [1.807, 2.05) is 35.2 Å². The molecule has 3 heterocycles. The van der Waals surface area contributed by atoms with E-state index in [1.54, 1.807) is 24.4 Å². The average Bonchev–Trinajstić information content (AvgIpc) is 3.09. The summed E-state index contributed by atoms with van der Waals surface area (Å²) in [5.41, 5.74) is 1.32. The van der Waals surface area contributed by atoms with Gasteiger partial charge < -0.3 is 20.3 Å². The number of amides is 1. The lowest BCUT2D eigenvalue weighted by molar-refractivity contribution is -0.389. The second-order valence-electron chi connectivity index (χ2n) is 6.56. The van der Waals surface area contributed by atoms with Gasteiger partial charge in [-0.2, -0.15) is 9.38 Å². The number of benzene rings is 1. The summed E-state index contributed by atoms with van der Waals surface area (Å²) in [5.74, 6) is 0.216. The summed E-state index contributed by atoms with van der Waals surface area (Å²) in [4.78, 5) is 30.0. The van der Waals surface area contributed by atoms with Gasteiger partial charge in [0.05, 0.1) is 6.20 Å². The average molecular weight is 365 g/mol. The maximum absolute atomic E-state index is 12.5. The van der Waals surface area contributed by atoms with Crippen molar-refractivity contribution in [1.82, 2.24) is 9.38 Å². The number of imidazole rings is 1. The van der Waals surface area contributed by atoms with Crippen LogP contribution in [0.5, 0.6) is 0 Å². The molecular weight excluding hydrogens is 346 g/mol. The van der Waals surface area contributed by atoms with Crippen LogP contribution in [0, 0.1) is 16.0 Å². The minimum absolute atomic E-state index is 0.00893. The Bertz CT molecular complexity index is 977. The van der Waals surface area contributed by atoms with E-state index in [2.05, 4.69) is 10.3 Å². The van der Waals surface area contributed by atoms with Crippen molar-refractivity contribution in [3.05, 3.63) is 64.8 Å². The van der Waals surface area contributed by atoms with Gasteiger partial charge in [0.2, 0.25) is 17.4 Å². The van der Waals surface area contributed by atoms with Crippen LogP contribution < -0.4 is 10.2 Å². The molecule has 1 N–H and O–H groups in total. The Morgan fingerprint density at radius 1 is 1.11 bits per heavy atom. The summed E-state index contributed by atoms with van der Waals surface area (Å²) >= 11 is 0. The van der Waals surface area contributed by atoms with E-state index in [0.717, 1.165) is 5.69 Å². The number of hydrogen-bond donors (Lipinski definition) is 1. The molecule has 0 atom stereocenters. The van der Waals surface area contributed by atoms with Crippen molar-refractivity contribution in [1.29, 1.82) is 0 Å². The number of anilines is 2. The van der Waals surface area contributed by atoms with E-state index < -0.39 is 4.92 Å². The summed E-state index contributed by atoms with van der Waals surface area (Å²) in [5, 5.41) is 14.5. The van der Waals surface area contributed by atoms with E-state index in [-0.39, 0.29) is 17.6 Å². The normalized spacial score (nSPS) is 15.0. The molecule has 0 unspecified atom stereocenters. The standard InChI is InChI=1S/C19H19N5O3/c25-18(20-15-6-2-1-3-7-15)14-9-12-22(13-10-14)17-19(24(26)27)23-11-5-4-8-16(23)21-17/h1-8,11,14H,9-10,12-13H2,(H,20,25). The van der Waals surface area contributed by atoms with Gasteiger partial charge in [-0.25, -0.2) is 0 Å². The number of piperidine rings is 1. The van der Waals surface area contributed by atoms with E-state index in [9.17, 15) is 14.9 Å². The number of carbonyl (C=O) groups excluding carboxylic acids is 1. The number of aromatic nitrogens is 2. The molecule has 0 saturated carbocycles. The number of nitrogens with zero attached hydrogens (tertiary/aromatic N) is 4. The molecule has 0 aliphatic carbocycles.